The van der Waals surface area contributed by atoms with Crippen LogP contribution in [0.25, 0.3) is 0 Å². The van der Waals surface area contributed by atoms with Crippen LogP contribution < -0.4 is 14.2 Å². The van der Waals surface area contributed by atoms with Crippen LogP contribution in [0.1, 0.15) is 53.9 Å². The van der Waals surface area contributed by atoms with Crippen molar-refractivity contribution in [1.29, 1.82) is 0 Å². The topological polar surface area (TPSA) is 51.2 Å². The van der Waals surface area contributed by atoms with E-state index in [1.54, 1.807) is 14.2 Å². The Labute approximate surface area is 185 Å². The minimum atomic E-state index is 0.0602. The highest BCUT2D eigenvalue weighted by Crippen LogP contribution is 2.39. The van der Waals surface area contributed by atoms with E-state index in [2.05, 4.69) is 29.2 Å². The zero-order chi connectivity index (χ0) is 21.6. The molecular formula is C26H35NO4. The second-order valence-corrected chi connectivity index (χ2v) is 8.63. The first kappa shape index (κ1) is 22.0. The number of aliphatic hydroxyl groups is 1. The Morgan fingerprint density at radius 1 is 1.03 bits per heavy atom. The number of benzene rings is 2. The molecule has 5 heteroatoms. The SMILES string of the molecule is COc1cc2c(cc1OC)CN(CCCC1CCCc3c(OCCO)cccc31)CC2. The Bertz CT molecular complexity index is 882. The summed E-state index contributed by atoms with van der Waals surface area (Å²) >= 11 is 0. The Balaban J connectivity index is 1.35. The lowest BCUT2D eigenvalue weighted by Crippen LogP contribution is -2.31. The molecule has 2 aliphatic rings. The fourth-order valence-electron chi connectivity index (χ4n) is 5.20. The largest absolute Gasteiger partial charge is 0.493 e. The van der Waals surface area contributed by atoms with Crippen molar-refractivity contribution in [2.75, 3.05) is 40.5 Å². The number of aliphatic hydroxyl groups excluding tert-OH is 1. The van der Waals surface area contributed by atoms with Crippen LogP contribution in [0.15, 0.2) is 30.3 Å². The molecule has 0 amide bonds. The van der Waals surface area contributed by atoms with E-state index in [1.165, 1.54) is 47.9 Å². The third-order valence-electron chi connectivity index (χ3n) is 6.76. The first-order chi connectivity index (χ1) is 15.2. The van der Waals surface area contributed by atoms with E-state index in [0.29, 0.717) is 12.5 Å². The molecule has 0 saturated heterocycles. The van der Waals surface area contributed by atoms with E-state index in [4.69, 9.17) is 19.3 Å². The standard InChI is InChI=1S/C26H35NO4/c1-29-25-16-20-11-13-27(18-21(20)17-26(25)30-2)12-5-7-19-6-3-9-23-22(19)8-4-10-24(23)31-15-14-28/h4,8,10,16-17,19,28H,3,5-7,9,11-15,18H2,1-2H3. The maximum Gasteiger partial charge on any atom is 0.161 e. The van der Waals surface area contributed by atoms with Crippen LogP contribution >= 0.6 is 0 Å². The zero-order valence-corrected chi connectivity index (χ0v) is 18.9. The van der Waals surface area contributed by atoms with Crippen LogP contribution in [-0.4, -0.2) is 50.5 Å². The van der Waals surface area contributed by atoms with Gasteiger partial charge in [0.05, 0.1) is 20.8 Å². The smallest absolute Gasteiger partial charge is 0.161 e. The molecule has 4 rings (SSSR count). The molecule has 0 aromatic heterocycles. The molecule has 0 saturated carbocycles. The fourth-order valence-corrected chi connectivity index (χ4v) is 5.20. The number of nitrogens with zero attached hydrogens (tertiary/aromatic N) is 1. The van der Waals surface area contributed by atoms with Crippen LogP contribution in [0.2, 0.25) is 0 Å². The second kappa shape index (κ2) is 10.4. The minimum absolute atomic E-state index is 0.0602. The molecule has 0 fully saturated rings. The monoisotopic (exact) mass is 425 g/mol. The van der Waals surface area contributed by atoms with E-state index in [9.17, 15) is 0 Å². The van der Waals surface area contributed by atoms with Crippen molar-refractivity contribution in [3.05, 3.63) is 52.6 Å². The molecule has 5 nitrogen and oxygen atoms in total. The average molecular weight is 426 g/mol. The second-order valence-electron chi connectivity index (χ2n) is 8.63. The first-order valence-electron chi connectivity index (χ1n) is 11.5. The summed E-state index contributed by atoms with van der Waals surface area (Å²) in [6.45, 7) is 3.64. The average Bonchev–Trinajstić information content (AvgIpc) is 2.81. The highest BCUT2D eigenvalue weighted by Gasteiger charge is 2.24. The maximum atomic E-state index is 9.10. The van der Waals surface area contributed by atoms with Gasteiger partial charge in [-0.05, 0) is 91.4 Å². The molecule has 2 aromatic carbocycles. The Hall–Kier alpha value is -2.24. The summed E-state index contributed by atoms with van der Waals surface area (Å²) in [5, 5.41) is 9.10. The molecule has 168 valence electrons. The van der Waals surface area contributed by atoms with Crippen molar-refractivity contribution in [2.45, 2.75) is 51.0 Å². The molecule has 1 heterocycles. The van der Waals surface area contributed by atoms with Gasteiger partial charge in [-0.15, -0.1) is 0 Å². The van der Waals surface area contributed by atoms with Crippen LogP contribution in [0, 0.1) is 0 Å². The molecular weight excluding hydrogens is 390 g/mol. The van der Waals surface area contributed by atoms with Crippen LogP contribution in [0.3, 0.4) is 0 Å². The summed E-state index contributed by atoms with van der Waals surface area (Å²) < 4.78 is 16.8. The number of rotatable bonds is 9. The van der Waals surface area contributed by atoms with E-state index >= 15 is 0 Å². The van der Waals surface area contributed by atoms with E-state index in [1.807, 2.05) is 6.07 Å². The summed E-state index contributed by atoms with van der Waals surface area (Å²) in [4.78, 5) is 2.57. The van der Waals surface area contributed by atoms with E-state index in [-0.39, 0.29) is 6.61 Å². The molecule has 1 aliphatic carbocycles. The number of hydrogen-bond acceptors (Lipinski definition) is 5. The first-order valence-corrected chi connectivity index (χ1v) is 11.5. The molecule has 1 aliphatic heterocycles. The highest BCUT2D eigenvalue weighted by molar-refractivity contribution is 5.48. The Kier molecular flexibility index (Phi) is 7.36. The molecule has 1 unspecified atom stereocenters. The van der Waals surface area contributed by atoms with Gasteiger partial charge in [0.25, 0.3) is 0 Å². The summed E-state index contributed by atoms with van der Waals surface area (Å²) in [6, 6.07) is 10.7. The van der Waals surface area contributed by atoms with Crippen molar-refractivity contribution < 1.29 is 19.3 Å². The molecule has 1 atom stereocenters. The van der Waals surface area contributed by atoms with Gasteiger partial charge in [0.2, 0.25) is 0 Å². The van der Waals surface area contributed by atoms with Crippen molar-refractivity contribution in [3.8, 4) is 17.2 Å². The molecule has 0 spiro atoms. The van der Waals surface area contributed by atoms with Gasteiger partial charge < -0.3 is 19.3 Å². The van der Waals surface area contributed by atoms with Gasteiger partial charge in [0, 0.05) is 13.1 Å². The lowest BCUT2D eigenvalue weighted by molar-refractivity contribution is 0.199. The minimum Gasteiger partial charge on any atom is -0.493 e. The lowest BCUT2D eigenvalue weighted by Gasteiger charge is -2.31. The third-order valence-corrected chi connectivity index (χ3v) is 6.76. The normalized spacial score (nSPS) is 18.2. The van der Waals surface area contributed by atoms with E-state index in [0.717, 1.165) is 49.7 Å². The van der Waals surface area contributed by atoms with E-state index < -0.39 is 0 Å². The molecule has 2 aromatic rings. The van der Waals surface area contributed by atoms with Crippen molar-refractivity contribution in [2.24, 2.45) is 0 Å². The summed E-state index contributed by atoms with van der Waals surface area (Å²) in [7, 11) is 3.40. The predicted molar refractivity (Wildman–Crippen MR) is 122 cm³/mol. The quantitative estimate of drug-likeness (QED) is 0.648. The number of fused-ring (bicyclic) bond motifs is 2. The lowest BCUT2D eigenvalue weighted by atomic mass is 9.80. The molecule has 1 N–H and O–H groups in total. The third kappa shape index (κ3) is 4.99. The number of hydrogen-bond donors (Lipinski definition) is 1. The summed E-state index contributed by atoms with van der Waals surface area (Å²) in [6.07, 6.45) is 7.04. The number of ether oxygens (including phenoxy) is 3. The van der Waals surface area contributed by atoms with Crippen LogP contribution in [-0.2, 0) is 19.4 Å². The van der Waals surface area contributed by atoms with Gasteiger partial charge in [-0.1, -0.05) is 12.1 Å². The van der Waals surface area contributed by atoms with Gasteiger partial charge >= 0.3 is 0 Å². The Morgan fingerprint density at radius 3 is 2.61 bits per heavy atom. The zero-order valence-electron chi connectivity index (χ0n) is 18.9. The van der Waals surface area contributed by atoms with Gasteiger partial charge in [0.1, 0.15) is 12.4 Å². The van der Waals surface area contributed by atoms with Gasteiger partial charge in [-0.3, -0.25) is 4.90 Å². The van der Waals surface area contributed by atoms with Gasteiger partial charge in [-0.2, -0.15) is 0 Å². The summed E-state index contributed by atoms with van der Waals surface area (Å²) in [5.74, 6) is 3.23. The number of methoxy groups -OCH3 is 2. The predicted octanol–water partition coefficient (Wildman–Crippen LogP) is 4.33. The maximum absolute atomic E-state index is 9.10. The molecule has 0 radical (unpaired) electrons. The van der Waals surface area contributed by atoms with Crippen LogP contribution in [0.5, 0.6) is 17.2 Å². The van der Waals surface area contributed by atoms with Crippen molar-refractivity contribution in [1.82, 2.24) is 4.90 Å². The van der Waals surface area contributed by atoms with Crippen molar-refractivity contribution in [3.63, 3.8) is 0 Å². The van der Waals surface area contributed by atoms with Crippen molar-refractivity contribution >= 4 is 0 Å². The van der Waals surface area contributed by atoms with Gasteiger partial charge in [-0.25, -0.2) is 0 Å². The Morgan fingerprint density at radius 2 is 1.84 bits per heavy atom. The highest BCUT2D eigenvalue weighted by atomic mass is 16.5. The summed E-state index contributed by atoms with van der Waals surface area (Å²) in [5.41, 5.74) is 5.56. The molecule has 0 bridgehead atoms. The fraction of sp³-hybridized carbons (Fsp3) is 0.538. The van der Waals surface area contributed by atoms with Gasteiger partial charge in [0.15, 0.2) is 11.5 Å². The molecule has 31 heavy (non-hydrogen) atoms. The van der Waals surface area contributed by atoms with Crippen LogP contribution in [0.4, 0.5) is 0 Å².